The molecular weight excluding hydrogens is 282 g/mol. The first kappa shape index (κ1) is 14.0. The van der Waals surface area contributed by atoms with Crippen LogP contribution in [0.15, 0.2) is 48.1 Å². The van der Waals surface area contributed by atoms with Gasteiger partial charge in [0.15, 0.2) is 4.96 Å². The maximum Gasteiger partial charge on any atom is 0.193 e. The third-order valence-electron chi connectivity index (χ3n) is 3.48. The maximum atomic E-state index is 12.0. The molecule has 4 nitrogen and oxygen atoms in total. The lowest BCUT2D eigenvalue weighted by atomic mass is 10.0. The van der Waals surface area contributed by atoms with Crippen LogP contribution in [0.2, 0.25) is 0 Å². The minimum atomic E-state index is -0.0827. The summed E-state index contributed by atoms with van der Waals surface area (Å²) >= 11 is 1.57. The zero-order chi connectivity index (χ0) is 14.7. The van der Waals surface area contributed by atoms with E-state index in [-0.39, 0.29) is 11.8 Å². The predicted molar refractivity (Wildman–Crippen MR) is 84.4 cm³/mol. The Bertz CT molecular complexity index is 704. The first-order valence-electron chi connectivity index (χ1n) is 6.95. The van der Waals surface area contributed by atoms with Crippen molar-refractivity contribution < 1.29 is 4.79 Å². The molecule has 1 aromatic carbocycles. The highest BCUT2D eigenvalue weighted by molar-refractivity contribution is 7.15. The van der Waals surface area contributed by atoms with E-state index in [2.05, 4.69) is 4.98 Å². The van der Waals surface area contributed by atoms with Crippen LogP contribution < -0.4 is 5.73 Å². The van der Waals surface area contributed by atoms with Crippen molar-refractivity contribution in [2.75, 3.05) is 0 Å². The van der Waals surface area contributed by atoms with E-state index in [0.717, 1.165) is 16.2 Å². The van der Waals surface area contributed by atoms with Gasteiger partial charge in [0.1, 0.15) is 5.78 Å². The number of hydrogen-bond acceptors (Lipinski definition) is 4. The molecule has 21 heavy (non-hydrogen) atoms. The molecule has 0 aliphatic rings. The third-order valence-corrected chi connectivity index (χ3v) is 4.25. The van der Waals surface area contributed by atoms with Gasteiger partial charge in [-0.3, -0.25) is 9.20 Å². The molecular formula is C16H17N3OS. The molecule has 3 rings (SSSR count). The third kappa shape index (κ3) is 3.37. The normalized spacial score (nSPS) is 12.6. The molecule has 2 N–H and O–H groups in total. The molecule has 1 unspecified atom stereocenters. The molecule has 0 aliphatic heterocycles. The quantitative estimate of drug-likeness (QED) is 0.761. The van der Waals surface area contributed by atoms with Crippen molar-refractivity contribution in [3.05, 3.63) is 59.4 Å². The first-order valence-corrected chi connectivity index (χ1v) is 7.83. The van der Waals surface area contributed by atoms with Gasteiger partial charge in [-0.05, 0) is 12.0 Å². The zero-order valence-corrected chi connectivity index (χ0v) is 12.4. The van der Waals surface area contributed by atoms with Crippen molar-refractivity contribution >= 4 is 22.1 Å². The van der Waals surface area contributed by atoms with Gasteiger partial charge in [0.2, 0.25) is 0 Å². The molecule has 0 spiro atoms. The Labute approximate surface area is 127 Å². The number of thiazole rings is 1. The number of hydrogen-bond donors (Lipinski definition) is 1. The van der Waals surface area contributed by atoms with E-state index in [4.69, 9.17) is 5.73 Å². The molecule has 0 bridgehead atoms. The summed E-state index contributed by atoms with van der Waals surface area (Å²) in [6, 6.07) is 9.81. The minimum Gasteiger partial charge on any atom is -0.324 e. The van der Waals surface area contributed by atoms with Crippen LogP contribution in [-0.2, 0) is 11.2 Å². The van der Waals surface area contributed by atoms with Crippen LogP contribution >= 0.6 is 11.3 Å². The SMILES string of the molecule is NC(CCC(=O)Cc1cn2ccsc2n1)c1ccccc1. The Kier molecular flexibility index (Phi) is 4.13. The van der Waals surface area contributed by atoms with Gasteiger partial charge in [0.05, 0.1) is 12.1 Å². The van der Waals surface area contributed by atoms with Crippen molar-refractivity contribution in [3.63, 3.8) is 0 Å². The van der Waals surface area contributed by atoms with Crippen LogP contribution in [-0.4, -0.2) is 15.2 Å². The van der Waals surface area contributed by atoms with Crippen molar-refractivity contribution in [2.45, 2.75) is 25.3 Å². The average molecular weight is 299 g/mol. The van der Waals surface area contributed by atoms with Crippen LogP contribution in [0.4, 0.5) is 0 Å². The van der Waals surface area contributed by atoms with Crippen LogP contribution in [0.3, 0.4) is 0 Å². The summed E-state index contributed by atoms with van der Waals surface area (Å²) in [6.07, 6.45) is 5.41. The zero-order valence-electron chi connectivity index (χ0n) is 11.6. The fourth-order valence-electron chi connectivity index (χ4n) is 2.34. The van der Waals surface area contributed by atoms with E-state index in [1.54, 1.807) is 11.3 Å². The number of Topliss-reactive ketones (excluding diaryl/α,β-unsaturated/α-hetero) is 1. The van der Waals surface area contributed by atoms with Gasteiger partial charge in [-0.1, -0.05) is 30.3 Å². The van der Waals surface area contributed by atoms with Crippen molar-refractivity contribution in [2.24, 2.45) is 5.73 Å². The Hall–Kier alpha value is -1.98. The Morgan fingerprint density at radius 2 is 2.14 bits per heavy atom. The molecule has 0 amide bonds. The number of carbonyl (C=O) groups is 1. The Morgan fingerprint density at radius 1 is 1.33 bits per heavy atom. The molecule has 0 fully saturated rings. The fraction of sp³-hybridized carbons (Fsp3) is 0.250. The molecule has 1 atom stereocenters. The molecule has 2 aromatic heterocycles. The molecule has 5 heteroatoms. The van der Waals surface area contributed by atoms with E-state index >= 15 is 0 Å². The number of aromatic nitrogens is 2. The summed E-state index contributed by atoms with van der Waals surface area (Å²) < 4.78 is 1.95. The lowest BCUT2D eigenvalue weighted by Gasteiger charge is -2.10. The lowest BCUT2D eigenvalue weighted by Crippen LogP contribution is -2.13. The van der Waals surface area contributed by atoms with Crippen LogP contribution in [0, 0.1) is 0 Å². The minimum absolute atomic E-state index is 0.0827. The Balaban J connectivity index is 1.53. The number of fused-ring (bicyclic) bond motifs is 1. The number of imidazole rings is 1. The standard InChI is InChI=1S/C16H17N3OS/c17-15(12-4-2-1-3-5-12)7-6-14(20)10-13-11-19-8-9-21-16(19)18-13/h1-5,8-9,11,15H,6-7,10,17H2. The van der Waals surface area contributed by atoms with Crippen molar-refractivity contribution in [3.8, 4) is 0 Å². The summed E-state index contributed by atoms with van der Waals surface area (Å²) in [7, 11) is 0. The van der Waals surface area contributed by atoms with Gasteiger partial charge < -0.3 is 5.73 Å². The van der Waals surface area contributed by atoms with Gasteiger partial charge in [0, 0.05) is 30.2 Å². The summed E-state index contributed by atoms with van der Waals surface area (Å²) in [5, 5.41) is 1.98. The van der Waals surface area contributed by atoms with E-state index in [9.17, 15) is 4.79 Å². The number of benzene rings is 1. The highest BCUT2D eigenvalue weighted by atomic mass is 32.1. The largest absolute Gasteiger partial charge is 0.324 e. The summed E-state index contributed by atoms with van der Waals surface area (Å²) in [5.74, 6) is 0.187. The first-order chi connectivity index (χ1) is 10.2. The smallest absolute Gasteiger partial charge is 0.193 e. The van der Waals surface area contributed by atoms with E-state index in [1.165, 1.54) is 0 Å². The second-order valence-corrected chi connectivity index (χ2v) is 5.97. The van der Waals surface area contributed by atoms with Gasteiger partial charge in [-0.15, -0.1) is 11.3 Å². The summed E-state index contributed by atoms with van der Waals surface area (Å²) in [5.41, 5.74) is 8.02. The molecule has 3 aromatic rings. The molecule has 0 saturated carbocycles. The van der Waals surface area contributed by atoms with E-state index in [1.807, 2.05) is 52.5 Å². The summed E-state index contributed by atoms with van der Waals surface area (Å²) in [6.45, 7) is 0. The number of carbonyl (C=O) groups excluding carboxylic acids is 1. The Morgan fingerprint density at radius 3 is 2.90 bits per heavy atom. The van der Waals surface area contributed by atoms with Crippen LogP contribution in [0.1, 0.15) is 30.1 Å². The molecule has 0 aliphatic carbocycles. The van der Waals surface area contributed by atoms with Crippen molar-refractivity contribution in [1.82, 2.24) is 9.38 Å². The van der Waals surface area contributed by atoms with Crippen LogP contribution in [0.25, 0.3) is 4.96 Å². The van der Waals surface area contributed by atoms with Crippen LogP contribution in [0.5, 0.6) is 0 Å². The molecule has 2 heterocycles. The van der Waals surface area contributed by atoms with Gasteiger partial charge in [-0.25, -0.2) is 4.98 Å². The number of nitrogens with zero attached hydrogens (tertiary/aromatic N) is 2. The highest BCUT2D eigenvalue weighted by Gasteiger charge is 2.11. The number of ketones is 1. The second kappa shape index (κ2) is 6.20. The average Bonchev–Trinajstić information content (AvgIpc) is 3.07. The van der Waals surface area contributed by atoms with Gasteiger partial charge in [0.25, 0.3) is 0 Å². The second-order valence-electron chi connectivity index (χ2n) is 5.10. The van der Waals surface area contributed by atoms with Gasteiger partial charge in [-0.2, -0.15) is 0 Å². The van der Waals surface area contributed by atoms with E-state index < -0.39 is 0 Å². The molecule has 108 valence electrons. The topological polar surface area (TPSA) is 60.4 Å². The summed E-state index contributed by atoms with van der Waals surface area (Å²) in [4.78, 5) is 17.4. The molecule has 0 saturated heterocycles. The molecule has 0 radical (unpaired) electrons. The maximum absolute atomic E-state index is 12.0. The lowest BCUT2D eigenvalue weighted by molar-refractivity contribution is -0.118. The number of rotatable bonds is 6. The predicted octanol–water partition coefficient (Wildman–Crippen LogP) is 2.99. The fourth-order valence-corrected chi connectivity index (χ4v) is 3.05. The number of nitrogens with two attached hydrogens (primary N) is 1. The van der Waals surface area contributed by atoms with E-state index in [0.29, 0.717) is 19.3 Å². The van der Waals surface area contributed by atoms with Crippen molar-refractivity contribution in [1.29, 1.82) is 0 Å². The highest BCUT2D eigenvalue weighted by Crippen LogP contribution is 2.17. The van der Waals surface area contributed by atoms with Gasteiger partial charge >= 0.3 is 0 Å². The monoisotopic (exact) mass is 299 g/mol.